The number of likely N-dealkylation sites (tertiary alicyclic amines) is 1. The number of amides is 2. The first-order valence-electron chi connectivity index (χ1n) is 7.90. The van der Waals surface area contributed by atoms with Crippen molar-refractivity contribution >= 4 is 17.5 Å². The molecule has 1 heterocycles. The molecule has 1 aliphatic heterocycles. The number of nitrogens with one attached hydrogen (secondary N) is 1. The maximum atomic E-state index is 12.7. The third-order valence-corrected chi connectivity index (χ3v) is 3.97. The number of hydrogen-bond donors (Lipinski definition) is 2. The average molecular weight is 304 g/mol. The van der Waals surface area contributed by atoms with Gasteiger partial charge in [-0.15, -0.1) is 0 Å². The Morgan fingerprint density at radius 1 is 1.45 bits per heavy atom. The quantitative estimate of drug-likeness (QED) is 0.877. The molecule has 1 fully saturated rings. The van der Waals surface area contributed by atoms with Crippen LogP contribution in [-0.2, 0) is 4.79 Å². The van der Waals surface area contributed by atoms with E-state index >= 15 is 0 Å². The summed E-state index contributed by atoms with van der Waals surface area (Å²) in [5, 5.41) is 12.3. The minimum absolute atomic E-state index is 0.0317. The lowest BCUT2D eigenvalue weighted by molar-refractivity contribution is -0.115. The summed E-state index contributed by atoms with van der Waals surface area (Å²) >= 11 is 0. The van der Waals surface area contributed by atoms with Crippen molar-refractivity contribution in [3.05, 3.63) is 29.8 Å². The van der Waals surface area contributed by atoms with E-state index < -0.39 is 6.10 Å². The number of nitrogens with zero attached hydrogens (tertiary/aromatic N) is 1. The van der Waals surface area contributed by atoms with E-state index in [-0.39, 0.29) is 17.9 Å². The van der Waals surface area contributed by atoms with Crippen LogP contribution in [0.3, 0.4) is 0 Å². The second-order valence-electron chi connectivity index (χ2n) is 5.86. The smallest absolute Gasteiger partial charge is 0.254 e. The molecular formula is C17H24N2O3. The van der Waals surface area contributed by atoms with Gasteiger partial charge in [-0.1, -0.05) is 13.0 Å². The fourth-order valence-corrected chi connectivity index (χ4v) is 2.89. The summed E-state index contributed by atoms with van der Waals surface area (Å²) in [6.45, 7) is 4.26. The first kappa shape index (κ1) is 16.5. The van der Waals surface area contributed by atoms with Crippen molar-refractivity contribution in [3.8, 4) is 0 Å². The summed E-state index contributed by atoms with van der Waals surface area (Å²) < 4.78 is 0. The van der Waals surface area contributed by atoms with Gasteiger partial charge in [0.15, 0.2) is 0 Å². The van der Waals surface area contributed by atoms with Crippen LogP contribution in [0.25, 0.3) is 0 Å². The van der Waals surface area contributed by atoms with E-state index in [9.17, 15) is 14.7 Å². The van der Waals surface area contributed by atoms with Gasteiger partial charge in [-0.3, -0.25) is 9.59 Å². The van der Waals surface area contributed by atoms with E-state index in [1.54, 1.807) is 38.1 Å². The number of carbonyl (C=O) groups excluding carboxylic acids is 2. The lowest BCUT2D eigenvalue weighted by Gasteiger charge is -2.26. The number of aliphatic hydroxyl groups is 1. The Morgan fingerprint density at radius 3 is 2.91 bits per heavy atom. The largest absolute Gasteiger partial charge is 0.393 e. The van der Waals surface area contributed by atoms with Crippen LogP contribution in [0.5, 0.6) is 0 Å². The van der Waals surface area contributed by atoms with Crippen molar-refractivity contribution in [1.82, 2.24) is 4.90 Å². The third-order valence-electron chi connectivity index (χ3n) is 3.97. The topological polar surface area (TPSA) is 69.6 Å². The normalized spacial score (nSPS) is 19.0. The first-order valence-corrected chi connectivity index (χ1v) is 7.90. The number of anilines is 1. The van der Waals surface area contributed by atoms with Crippen molar-refractivity contribution in [2.24, 2.45) is 0 Å². The van der Waals surface area contributed by atoms with Gasteiger partial charge in [-0.25, -0.2) is 0 Å². The molecule has 5 heteroatoms. The lowest BCUT2D eigenvalue weighted by atomic mass is 10.1. The van der Waals surface area contributed by atoms with Gasteiger partial charge in [0.1, 0.15) is 0 Å². The molecule has 0 saturated carbocycles. The number of rotatable bonds is 5. The zero-order valence-corrected chi connectivity index (χ0v) is 13.2. The van der Waals surface area contributed by atoms with Crippen molar-refractivity contribution in [2.75, 3.05) is 11.9 Å². The van der Waals surface area contributed by atoms with Crippen molar-refractivity contribution in [1.29, 1.82) is 0 Å². The minimum atomic E-state index is -0.409. The Kier molecular flexibility index (Phi) is 5.55. The fourth-order valence-electron chi connectivity index (χ4n) is 2.89. The van der Waals surface area contributed by atoms with E-state index in [0.29, 0.717) is 24.1 Å². The highest BCUT2D eigenvalue weighted by atomic mass is 16.3. The van der Waals surface area contributed by atoms with Crippen LogP contribution in [0.2, 0.25) is 0 Å². The predicted molar refractivity (Wildman–Crippen MR) is 85.7 cm³/mol. The van der Waals surface area contributed by atoms with Crippen LogP contribution >= 0.6 is 0 Å². The van der Waals surface area contributed by atoms with Crippen LogP contribution in [-0.4, -0.2) is 40.5 Å². The zero-order valence-electron chi connectivity index (χ0n) is 13.2. The Balaban J connectivity index is 2.11. The molecule has 0 bridgehead atoms. The maximum Gasteiger partial charge on any atom is 0.254 e. The van der Waals surface area contributed by atoms with Crippen LogP contribution in [0, 0.1) is 0 Å². The summed E-state index contributed by atoms with van der Waals surface area (Å²) in [6, 6.07) is 7.14. The Labute approximate surface area is 131 Å². The van der Waals surface area contributed by atoms with E-state index in [0.717, 1.165) is 19.4 Å². The van der Waals surface area contributed by atoms with Gasteiger partial charge in [0.05, 0.1) is 6.10 Å². The molecule has 2 unspecified atom stereocenters. The van der Waals surface area contributed by atoms with Crippen molar-refractivity contribution in [2.45, 2.75) is 51.7 Å². The lowest BCUT2D eigenvalue weighted by Crippen LogP contribution is -2.37. The molecule has 120 valence electrons. The molecule has 2 amide bonds. The highest BCUT2D eigenvalue weighted by Gasteiger charge is 2.30. The Bertz CT molecular complexity index is 542. The number of carbonyl (C=O) groups is 2. The fraction of sp³-hybridized carbons (Fsp3) is 0.529. The SMILES string of the molecule is CCC(=O)Nc1cccc(C(=O)N2CCCC2CC(C)O)c1. The highest BCUT2D eigenvalue weighted by Crippen LogP contribution is 2.24. The van der Waals surface area contributed by atoms with Gasteiger partial charge in [-0.2, -0.15) is 0 Å². The van der Waals surface area contributed by atoms with Crippen LogP contribution in [0.1, 0.15) is 49.9 Å². The van der Waals surface area contributed by atoms with Crippen molar-refractivity contribution < 1.29 is 14.7 Å². The summed E-state index contributed by atoms with van der Waals surface area (Å²) in [4.78, 5) is 26.0. The molecule has 0 aliphatic carbocycles. The van der Waals surface area contributed by atoms with Crippen LogP contribution in [0.4, 0.5) is 5.69 Å². The number of benzene rings is 1. The molecular weight excluding hydrogens is 280 g/mol. The maximum absolute atomic E-state index is 12.7. The molecule has 1 saturated heterocycles. The molecule has 1 aromatic rings. The molecule has 0 radical (unpaired) electrons. The average Bonchev–Trinajstić information content (AvgIpc) is 2.94. The monoisotopic (exact) mass is 304 g/mol. The second kappa shape index (κ2) is 7.40. The molecule has 1 aliphatic rings. The Hall–Kier alpha value is -1.88. The zero-order chi connectivity index (χ0) is 16.1. The summed E-state index contributed by atoms with van der Waals surface area (Å²) in [6.07, 6.45) is 2.51. The van der Waals surface area contributed by atoms with Gasteiger partial charge in [0.25, 0.3) is 5.91 Å². The van der Waals surface area contributed by atoms with E-state index in [2.05, 4.69) is 5.32 Å². The second-order valence-corrected chi connectivity index (χ2v) is 5.86. The van der Waals surface area contributed by atoms with E-state index in [1.807, 2.05) is 4.90 Å². The van der Waals surface area contributed by atoms with Crippen LogP contribution in [0.15, 0.2) is 24.3 Å². The minimum Gasteiger partial charge on any atom is -0.393 e. The van der Waals surface area contributed by atoms with Gasteiger partial charge < -0.3 is 15.3 Å². The molecule has 2 N–H and O–H groups in total. The van der Waals surface area contributed by atoms with Crippen LogP contribution < -0.4 is 5.32 Å². The molecule has 0 aromatic heterocycles. The van der Waals surface area contributed by atoms with Crippen molar-refractivity contribution in [3.63, 3.8) is 0 Å². The van der Waals surface area contributed by atoms with E-state index in [4.69, 9.17) is 0 Å². The van der Waals surface area contributed by atoms with Gasteiger partial charge >= 0.3 is 0 Å². The van der Waals surface area contributed by atoms with E-state index in [1.165, 1.54) is 0 Å². The predicted octanol–water partition coefficient (Wildman–Crippen LogP) is 2.41. The first-order chi connectivity index (χ1) is 10.5. The molecule has 2 atom stereocenters. The standard InChI is InChI=1S/C17H24N2O3/c1-3-16(21)18-14-7-4-6-13(11-14)17(22)19-9-5-8-15(19)10-12(2)20/h4,6-7,11-12,15,20H,3,5,8-10H2,1-2H3,(H,18,21). The van der Waals surface area contributed by atoms with Gasteiger partial charge in [0.2, 0.25) is 5.91 Å². The summed E-state index contributed by atoms with van der Waals surface area (Å²) in [5.41, 5.74) is 1.22. The van der Waals surface area contributed by atoms with Gasteiger partial charge in [0, 0.05) is 30.3 Å². The molecule has 0 spiro atoms. The third kappa shape index (κ3) is 4.07. The molecule has 2 rings (SSSR count). The molecule has 5 nitrogen and oxygen atoms in total. The molecule has 1 aromatic carbocycles. The number of aliphatic hydroxyl groups excluding tert-OH is 1. The summed E-state index contributed by atoms with van der Waals surface area (Å²) in [7, 11) is 0. The Morgan fingerprint density at radius 2 is 2.23 bits per heavy atom. The van der Waals surface area contributed by atoms with Gasteiger partial charge in [-0.05, 0) is 44.4 Å². The summed E-state index contributed by atoms with van der Waals surface area (Å²) in [5.74, 6) is -0.103. The molecule has 22 heavy (non-hydrogen) atoms. The number of hydrogen-bond acceptors (Lipinski definition) is 3. The highest BCUT2D eigenvalue weighted by molar-refractivity contribution is 5.97.